The number of methoxy groups -OCH3 is 1. The van der Waals surface area contributed by atoms with Crippen molar-refractivity contribution in [2.75, 3.05) is 7.11 Å². The van der Waals surface area contributed by atoms with Gasteiger partial charge in [0.1, 0.15) is 5.75 Å². The Bertz CT molecular complexity index is 669. The third-order valence-electron chi connectivity index (χ3n) is 3.53. The van der Waals surface area contributed by atoms with Crippen LogP contribution in [0.4, 0.5) is 0 Å². The highest BCUT2D eigenvalue weighted by atomic mass is 35.5. The second-order valence-electron chi connectivity index (χ2n) is 4.77. The summed E-state index contributed by atoms with van der Waals surface area (Å²) in [6.07, 6.45) is 0.428. The summed E-state index contributed by atoms with van der Waals surface area (Å²) in [7, 11) is 1.58. The van der Waals surface area contributed by atoms with Gasteiger partial charge < -0.3 is 10.1 Å². The molecule has 2 aromatic carbocycles. The summed E-state index contributed by atoms with van der Waals surface area (Å²) in [5.74, 6) is 0.643. The van der Waals surface area contributed by atoms with Crippen LogP contribution in [0.25, 0.3) is 0 Å². The lowest BCUT2D eigenvalue weighted by atomic mass is 9.89. The van der Waals surface area contributed by atoms with Crippen molar-refractivity contribution in [2.45, 2.75) is 12.5 Å². The van der Waals surface area contributed by atoms with Gasteiger partial charge in [-0.05, 0) is 28.8 Å². The van der Waals surface area contributed by atoms with Crippen molar-refractivity contribution in [3.05, 3.63) is 64.2 Å². The fraction of sp³-hybridized carbons (Fsp3) is 0.188. The smallest absolute Gasteiger partial charge is 0.225 e. The molecule has 4 heteroatoms. The van der Waals surface area contributed by atoms with E-state index in [1.165, 1.54) is 0 Å². The molecule has 3 nitrogen and oxygen atoms in total. The zero-order valence-electron chi connectivity index (χ0n) is 11.0. The maximum Gasteiger partial charge on any atom is 0.225 e. The van der Waals surface area contributed by atoms with E-state index in [-0.39, 0.29) is 11.9 Å². The van der Waals surface area contributed by atoms with E-state index in [0.717, 1.165) is 16.7 Å². The van der Waals surface area contributed by atoms with Crippen LogP contribution in [0, 0.1) is 0 Å². The predicted octanol–water partition coefficient (Wildman–Crippen LogP) is 3.11. The van der Waals surface area contributed by atoms with Gasteiger partial charge in [-0.3, -0.25) is 4.79 Å². The number of benzene rings is 2. The fourth-order valence-electron chi connectivity index (χ4n) is 2.56. The number of ether oxygens (including phenoxy) is 1. The number of fused-ring (bicyclic) bond motifs is 1. The first-order valence-corrected chi connectivity index (χ1v) is 6.77. The van der Waals surface area contributed by atoms with Gasteiger partial charge in [-0.1, -0.05) is 41.9 Å². The van der Waals surface area contributed by atoms with E-state index < -0.39 is 0 Å². The first-order chi connectivity index (χ1) is 9.69. The van der Waals surface area contributed by atoms with Gasteiger partial charge >= 0.3 is 0 Å². The molecule has 1 amide bonds. The van der Waals surface area contributed by atoms with Gasteiger partial charge in [0.2, 0.25) is 5.91 Å². The van der Waals surface area contributed by atoms with Crippen LogP contribution in [-0.4, -0.2) is 13.0 Å². The van der Waals surface area contributed by atoms with Crippen molar-refractivity contribution in [2.24, 2.45) is 0 Å². The number of hydrogen-bond donors (Lipinski definition) is 1. The molecule has 0 aromatic heterocycles. The van der Waals surface area contributed by atoms with Crippen molar-refractivity contribution in [1.29, 1.82) is 0 Å². The van der Waals surface area contributed by atoms with Gasteiger partial charge in [-0.2, -0.15) is 0 Å². The number of carbonyl (C=O) groups excluding carboxylic acids is 1. The second kappa shape index (κ2) is 5.17. The number of hydrogen-bond acceptors (Lipinski definition) is 2. The van der Waals surface area contributed by atoms with Gasteiger partial charge in [0.05, 0.1) is 24.6 Å². The summed E-state index contributed by atoms with van der Waals surface area (Å²) in [6, 6.07) is 13.4. The summed E-state index contributed by atoms with van der Waals surface area (Å²) in [4.78, 5) is 11.9. The number of nitrogens with one attached hydrogen (secondary N) is 1. The Balaban J connectivity index is 2.08. The van der Waals surface area contributed by atoms with Crippen LogP contribution in [0.2, 0.25) is 5.02 Å². The summed E-state index contributed by atoms with van der Waals surface area (Å²) >= 11 is 6.05. The van der Waals surface area contributed by atoms with E-state index >= 15 is 0 Å². The number of halogens is 1. The number of carbonyl (C=O) groups is 1. The quantitative estimate of drug-likeness (QED) is 0.922. The van der Waals surface area contributed by atoms with E-state index in [9.17, 15) is 4.79 Å². The van der Waals surface area contributed by atoms with Crippen molar-refractivity contribution in [3.63, 3.8) is 0 Å². The van der Waals surface area contributed by atoms with Gasteiger partial charge in [0.25, 0.3) is 0 Å². The third-order valence-corrected chi connectivity index (χ3v) is 3.84. The molecule has 0 aliphatic carbocycles. The molecule has 1 N–H and O–H groups in total. The largest absolute Gasteiger partial charge is 0.495 e. The standard InChI is InChI=1S/C16H14ClNO2/c1-20-14-8-11(6-7-13(14)17)16-12-5-3-2-4-10(12)9-15(19)18-16/h2-8,16H,9H2,1H3,(H,18,19). The third kappa shape index (κ3) is 2.25. The van der Waals surface area contributed by atoms with Crippen LogP contribution in [-0.2, 0) is 11.2 Å². The molecule has 1 aliphatic rings. The fourth-order valence-corrected chi connectivity index (χ4v) is 2.75. The summed E-state index contributed by atoms with van der Waals surface area (Å²) in [5.41, 5.74) is 3.15. The van der Waals surface area contributed by atoms with Gasteiger partial charge in [-0.25, -0.2) is 0 Å². The minimum absolute atomic E-state index is 0.0302. The van der Waals surface area contributed by atoms with Crippen molar-refractivity contribution in [1.82, 2.24) is 5.32 Å². The first kappa shape index (κ1) is 13.0. The maximum atomic E-state index is 11.9. The Hall–Kier alpha value is -2.00. The summed E-state index contributed by atoms with van der Waals surface area (Å²) in [5, 5.41) is 3.58. The Kier molecular flexibility index (Phi) is 3.36. The highest BCUT2D eigenvalue weighted by Crippen LogP contribution is 2.33. The van der Waals surface area contributed by atoms with Crippen LogP contribution in [0.5, 0.6) is 5.75 Å². The van der Waals surface area contributed by atoms with Crippen LogP contribution in [0.1, 0.15) is 22.7 Å². The number of amides is 1. The lowest BCUT2D eigenvalue weighted by Crippen LogP contribution is -2.35. The summed E-state index contributed by atoms with van der Waals surface area (Å²) < 4.78 is 5.25. The summed E-state index contributed by atoms with van der Waals surface area (Å²) in [6.45, 7) is 0. The number of rotatable bonds is 2. The average molecular weight is 288 g/mol. The van der Waals surface area contributed by atoms with Crippen molar-refractivity contribution < 1.29 is 9.53 Å². The molecular formula is C16H14ClNO2. The Morgan fingerprint density at radius 1 is 1.25 bits per heavy atom. The Labute approximate surface area is 122 Å². The molecule has 1 aliphatic heterocycles. The molecule has 1 atom stereocenters. The lowest BCUT2D eigenvalue weighted by Gasteiger charge is -2.27. The topological polar surface area (TPSA) is 38.3 Å². The predicted molar refractivity (Wildman–Crippen MR) is 78.1 cm³/mol. The van der Waals surface area contributed by atoms with Gasteiger partial charge in [0, 0.05) is 0 Å². The monoisotopic (exact) mass is 287 g/mol. The average Bonchev–Trinajstić information content (AvgIpc) is 2.47. The van der Waals surface area contributed by atoms with E-state index in [2.05, 4.69) is 5.32 Å². The van der Waals surface area contributed by atoms with Gasteiger partial charge in [0.15, 0.2) is 0 Å². The molecule has 0 bridgehead atoms. The molecule has 3 rings (SSSR count). The van der Waals surface area contributed by atoms with Crippen LogP contribution < -0.4 is 10.1 Å². The van der Waals surface area contributed by atoms with E-state index in [1.807, 2.05) is 36.4 Å². The Morgan fingerprint density at radius 3 is 2.85 bits per heavy atom. The molecule has 1 unspecified atom stereocenters. The Morgan fingerprint density at radius 2 is 2.05 bits per heavy atom. The van der Waals surface area contributed by atoms with Crippen LogP contribution in [0.3, 0.4) is 0 Å². The molecule has 0 spiro atoms. The van der Waals surface area contributed by atoms with Crippen molar-refractivity contribution >= 4 is 17.5 Å². The lowest BCUT2D eigenvalue weighted by molar-refractivity contribution is -0.121. The molecule has 20 heavy (non-hydrogen) atoms. The van der Waals surface area contributed by atoms with Crippen molar-refractivity contribution in [3.8, 4) is 5.75 Å². The van der Waals surface area contributed by atoms with E-state index in [1.54, 1.807) is 13.2 Å². The maximum absolute atomic E-state index is 11.9. The molecule has 1 heterocycles. The molecule has 102 valence electrons. The molecule has 0 fully saturated rings. The minimum Gasteiger partial charge on any atom is -0.495 e. The zero-order chi connectivity index (χ0) is 14.1. The molecule has 2 aromatic rings. The normalized spacial score (nSPS) is 17.3. The van der Waals surface area contributed by atoms with E-state index in [4.69, 9.17) is 16.3 Å². The minimum atomic E-state index is -0.154. The van der Waals surface area contributed by atoms with Crippen LogP contribution in [0.15, 0.2) is 42.5 Å². The first-order valence-electron chi connectivity index (χ1n) is 6.39. The highest BCUT2D eigenvalue weighted by Gasteiger charge is 2.25. The molecular weight excluding hydrogens is 274 g/mol. The SMILES string of the molecule is COc1cc(C2NC(=O)Cc3ccccc32)ccc1Cl. The van der Waals surface area contributed by atoms with Crippen LogP contribution >= 0.6 is 11.6 Å². The highest BCUT2D eigenvalue weighted by molar-refractivity contribution is 6.32. The second-order valence-corrected chi connectivity index (χ2v) is 5.18. The molecule has 0 saturated carbocycles. The molecule has 0 radical (unpaired) electrons. The van der Waals surface area contributed by atoms with E-state index in [0.29, 0.717) is 17.2 Å². The molecule has 0 saturated heterocycles. The zero-order valence-corrected chi connectivity index (χ0v) is 11.8. The van der Waals surface area contributed by atoms with Gasteiger partial charge in [-0.15, -0.1) is 0 Å².